The zero-order valence-electron chi connectivity index (χ0n) is 17.4. The number of piperazine rings is 1. The molecule has 2 amide bonds. The van der Waals surface area contributed by atoms with Crippen LogP contribution in [-0.4, -0.2) is 72.0 Å². The van der Waals surface area contributed by atoms with E-state index in [1.807, 2.05) is 0 Å². The predicted molar refractivity (Wildman–Crippen MR) is 111 cm³/mol. The first-order valence-electron chi connectivity index (χ1n) is 9.72. The third-order valence-corrected chi connectivity index (χ3v) is 5.38. The summed E-state index contributed by atoms with van der Waals surface area (Å²) in [5.74, 6) is 0.859. The van der Waals surface area contributed by atoms with Crippen LogP contribution in [0.1, 0.15) is 26.5 Å². The number of fused-ring (bicyclic) bond motifs is 1. The van der Waals surface area contributed by atoms with Crippen LogP contribution in [0.3, 0.4) is 0 Å². The molecule has 10 nitrogen and oxygen atoms in total. The van der Waals surface area contributed by atoms with E-state index in [1.165, 1.54) is 13.4 Å². The van der Waals surface area contributed by atoms with Crippen molar-refractivity contribution in [2.45, 2.75) is 6.92 Å². The van der Waals surface area contributed by atoms with E-state index in [2.05, 4.69) is 9.97 Å². The minimum Gasteiger partial charge on any atom is -0.497 e. The summed E-state index contributed by atoms with van der Waals surface area (Å²) >= 11 is 0. The third kappa shape index (κ3) is 3.60. The number of aryl methyl sites for hydroxylation is 1. The normalized spacial score (nSPS) is 14.0. The van der Waals surface area contributed by atoms with Gasteiger partial charge in [-0.25, -0.2) is 4.98 Å². The van der Waals surface area contributed by atoms with Crippen molar-refractivity contribution in [3.63, 3.8) is 0 Å². The highest BCUT2D eigenvalue weighted by Gasteiger charge is 2.30. The Morgan fingerprint density at radius 2 is 1.74 bits per heavy atom. The van der Waals surface area contributed by atoms with Gasteiger partial charge in [-0.2, -0.15) is 0 Å². The summed E-state index contributed by atoms with van der Waals surface area (Å²) in [5.41, 5.74) is 0.342. The largest absolute Gasteiger partial charge is 0.497 e. The van der Waals surface area contributed by atoms with Gasteiger partial charge in [0.15, 0.2) is 0 Å². The zero-order valence-corrected chi connectivity index (χ0v) is 17.4. The molecule has 1 saturated heterocycles. The van der Waals surface area contributed by atoms with Crippen LogP contribution in [0.15, 0.2) is 33.7 Å². The molecular formula is C21H22N4O6. The Balaban J connectivity index is 1.51. The number of carbonyl (C=O) groups excluding carboxylic acids is 2. The maximum absolute atomic E-state index is 13.1. The molecule has 1 N–H and O–H groups in total. The van der Waals surface area contributed by atoms with Crippen LogP contribution in [0.5, 0.6) is 11.5 Å². The summed E-state index contributed by atoms with van der Waals surface area (Å²) in [6.45, 7) is 2.98. The molecule has 0 radical (unpaired) electrons. The van der Waals surface area contributed by atoms with E-state index in [1.54, 1.807) is 42.0 Å². The van der Waals surface area contributed by atoms with Crippen molar-refractivity contribution in [1.82, 2.24) is 19.8 Å². The Morgan fingerprint density at radius 3 is 2.39 bits per heavy atom. The summed E-state index contributed by atoms with van der Waals surface area (Å²) < 4.78 is 16.0. The molecule has 2 aromatic heterocycles. The van der Waals surface area contributed by atoms with E-state index in [-0.39, 0.29) is 28.5 Å². The van der Waals surface area contributed by atoms with Crippen LogP contribution in [0.4, 0.5) is 0 Å². The lowest BCUT2D eigenvalue weighted by Crippen LogP contribution is -2.50. The van der Waals surface area contributed by atoms with Gasteiger partial charge in [-0.3, -0.25) is 14.4 Å². The minimum absolute atomic E-state index is 0.130. The summed E-state index contributed by atoms with van der Waals surface area (Å²) in [4.78, 5) is 48.0. The van der Waals surface area contributed by atoms with Crippen molar-refractivity contribution in [1.29, 1.82) is 0 Å². The molecular weight excluding hydrogens is 404 g/mol. The van der Waals surface area contributed by atoms with Crippen molar-refractivity contribution >= 4 is 22.9 Å². The second kappa shape index (κ2) is 8.13. The number of furan rings is 1. The number of nitrogens with zero attached hydrogens (tertiary/aromatic N) is 3. The summed E-state index contributed by atoms with van der Waals surface area (Å²) in [6.07, 6.45) is 1.24. The van der Waals surface area contributed by atoms with Crippen molar-refractivity contribution in [2.75, 3.05) is 40.4 Å². The molecule has 0 spiro atoms. The van der Waals surface area contributed by atoms with Gasteiger partial charge in [-0.1, -0.05) is 0 Å². The molecule has 162 valence electrons. The van der Waals surface area contributed by atoms with E-state index in [9.17, 15) is 14.4 Å². The van der Waals surface area contributed by atoms with Crippen LogP contribution in [0.2, 0.25) is 0 Å². The lowest BCUT2D eigenvalue weighted by Gasteiger charge is -2.35. The standard InChI is InChI=1S/C21H22N4O6/c1-12-16(17-18(26)22-11-23-19(17)31-12)21(28)25-8-6-24(7-9-25)20(27)14-5-4-13(29-2)10-15(14)30-3/h4-5,10-11H,6-9H2,1-3H3,(H,22,23,26). The minimum atomic E-state index is -0.425. The summed E-state index contributed by atoms with van der Waals surface area (Å²) in [5, 5.41) is 0.145. The maximum Gasteiger partial charge on any atom is 0.262 e. The number of methoxy groups -OCH3 is 2. The Bertz CT molecular complexity index is 1210. The smallest absolute Gasteiger partial charge is 0.262 e. The first-order chi connectivity index (χ1) is 14.9. The Morgan fingerprint density at radius 1 is 1.06 bits per heavy atom. The second-order valence-electron chi connectivity index (χ2n) is 7.10. The molecule has 1 aliphatic rings. The average molecular weight is 426 g/mol. The van der Waals surface area contributed by atoms with Crippen LogP contribution in [0, 0.1) is 6.92 Å². The first kappa shape index (κ1) is 20.5. The number of benzene rings is 1. The monoisotopic (exact) mass is 426 g/mol. The second-order valence-corrected chi connectivity index (χ2v) is 7.10. The van der Waals surface area contributed by atoms with Crippen molar-refractivity contribution in [2.24, 2.45) is 0 Å². The van der Waals surface area contributed by atoms with Crippen LogP contribution in [-0.2, 0) is 0 Å². The quantitative estimate of drug-likeness (QED) is 0.671. The van der Waals surface area contributed by atoms with Crippen LogP contribution >= 0.6 is 0 Å². The highest BCUT2D eigenvalue weighted by Crippen LogP contribution is 2.27. The van der Waals surface area contributed by atoms with Crippen LogP contribution < -0.4 is 15.0 Å². The van der Waals surface area contributed by atoms with E-state index >= 15 is 0 Å². The molecule has 1 fully saturated rings. The van der Waals surface area contributed by atoms with Gasteiger partial charge in [0.25, 0.3) is 17.4 Å². The topological polar surface area (TPSA) is 118 Å². The number of aromatic nitrogens is 2. The molecule has 0 unspecified atom stereocenters. The van der Waals surface area contributed by atoms with Gasteiger partial charge in [-0.15, -0.1) is 0 Å². The van der Waals surface area contributed by atoms with Gasteiger partial charge in [0.2, 0.25) is 5.71 Å². The van der Waals surface area contributed by atoms with E-state index in [4.69, 9.17) is 13.9 Å². The predicted octanol–water partition coefficient (Wildman–Crippen LogP) is 1.44. The Hall–Kier alpha value is -3.82. The van der Waals surface area contributed by atoms with E-state index in [0.29, 0.717) is 49.0 Å². The maximum atomic E-state index is 13.1. The lowest BCUT2D eigenvalue weighted by molar-refractivity contribution is 0.0533. The molecule has 3 aromatic rings. The van der Waals surface area contributed by atoms with Gasteiger partial charge < -0.3 is 28.7 Å². The molecule has 1 aromatic carbocycles. The number of rotatable bonds is 4. The number of aromatic amines is 1. The molecule has 0 saturated carbocycles. The van der Waals surface area contributed by atoms with Gasteiger partial charge in [0.05, 0.1) is 31.7 Å². The molecule has 0 aliphatic carbocycles. The van der Waals surface area contributed by atoms with Gasteiger partial charge >= 0.3 is 0 Å². The number of amides is 2. The van der Waals surface area contributed by atoms with Crippen molar-refractivity contribution < 1.29 is 23.5 Å². The molecule has 3 heterocycles. The highest BCUT2D eigenvalue weighted by molar-refractivity contribution is 6.06. The fourth-order valence-electron chi connectivity index (χ4n) is 3.73. The van der Waals surface area contributed by atoms with Gasteiger partial charge in [0.1, 0.15) is 22.6 Å². The Labute approximate surface area is 177 Å². The third-order valence-electron chi connectivity index (χ3n) is 5.38. The fraction of sp³-hybridized carbons (Fsp3) is 0.333. The number of hydrogen-bond donors (Lipinski definition) is 1. The molecule has 0 bridgehead atoms. The highest BCUT2D eigenvalue weighted by atomic mass is 16.5. The van der Waals surface area contributed by atoms with Crippen molar-refractivity contribution in [3.05, 3.63) is 51.8 Å². The number of H-pyrrole nitrogens is 1. The molecule has 4 rings (SSSR count). The summed E-state index contributed by atoms with van der Waals surface area (Å²) in [7, 11) is 3.04. The number of nitrogens with one attached hydrogen (secondary N) is 1. The molecule has 1 aliphatic heterocycles. The first-order valence-corrected chi connectivity index (χ1v) is 9.72. The average Bonchev–Trinajstić information content (AvgIpc) is 3.14. The SMILES string of the molecule is COc1ccc(C(=O)N2CCN(C(=O)c3c(C)oc4nc[nH]c(=O)c34)CC2)c(OC)c1. The van der Waals surface area contributed by atoms with Crippen LogP contribution in [0.25, 0.3) is 11.1 Å². The van der Waals surface area contributed by atoms with Gasteiger partial charge in [-0.05, 0) is 19.1 Å². The lowest BCUT2D eigenvalue weighted by atomic mass is 10.1. The van der Waals surface area contributed by atoms with Gasteiger partial charge in [0, 0.05) is 32.2 Å². The molecule has 0 atom stereocenters. The Kier molecular flexibility index (Phi) is 5.37. The summed E-state index contributed by atoms with van der Waals surface area (Å²) in [6, 6.07) is 5.02. The number of carbonyl (C=O) groups is 2. The zero-order chi connectivity index (χ0) is 22.1. The molecule has 10 heteroatoms. The molecule has 31 heavy (non-hydrogen) atoms. The van der Waals surface area contributed by atoms with Crippen molar-refractivity contribution in [3.8, 4) is 11.5 Å². The van der Waals surface area contributed by atoms with E-state index < -0.39 is 5.56 Å². The number of ether oxygens (including phenoxy) is 2. The van der Waals surface area contributed by atoms with E-state index in [0.717, 1.165) is 0 Å². The number of hydrogen-bond acceptors (Lipinski definition) is 7. The fourth-order valence-corrected chi connectivity index (χ4v) is 3.73.